The van der Waals surface area contributed by atoms with E-state index in [0.717, 1.165) is 5.56 Å². The van der Waals surface area contributed by atoms with Gasteiger partial charge in [0.2, 0.25) is 0 Å². The Morgan fingerprint density at radius 3 is 2.29 bits per heavy atom. The van der Waals surface area contributed by atoms with Gasteiger partial charge in [-0.3, -0.25) is 0 Å². The van der Waals surface area contributed by atoms with Crippen molar-refractivity contribution in [2.45, 2.75) is 12.8 Å². The minimum Gasteiger partial charge on any atom is -0.485 e. The van der Waals surface area contributed by atoms with Crippen molar-refractivity contribution in [1.82, 2.24) is 0 Å². The summed E-state index contributed by atoms with van der Waals surface area (Å²) in [5.74, 6) is 0.323. The van der Waals surface area contributed by atoms with Crippen molar-refractivity contribution < 1.29 is 22.6 Å². The van der Waals surface area contributed by atoms with Crippen LogP contribution < -0.4 is 9.47 Å². The monoisotopic (exact) mass is 360 g/mol. The summed E-state index contributed by atoms with van der Waals surface area (Å²) in [6.45, 7) is -1.10. The molecule has 2 aromatic carbocycles. The molecule has 0 bridgehead atoms. The van der Waals surface area contributed by atoms with Crippen molar-refractivity contribution in [3.05, 3.63) is 58.6 Å². The fourth-order valence-corrected chi connectivity index (χ4v) is 1.95. The maximum Gasteiger partial charge on any atom is 0.422 e. The number of alkyl halides is 3. The zero-order valence-electron chi connectivity index (χ0n) is 10.9. The summed E-state index contributed by atoms with van der Waals surface area (Å²) in [6, 6.07) is 14.0. The molecule has 0 unspecified atom stereocenters. The van der Waals surface area contributed by atoms with Gasteiger partial charge in [0.25, 0.3) is 0 Å². The highest BCUT2D eigenvalue weighted by molar-refractivity contribution is 9.10. The number of ether oxygens (including phenoxy) is 2. The highest BCUT2D eigenvalue weighted by atomic mass is 79.9. The molecule has 0 fully saturated rings. The summed E-state index contributed by atoms with van der Waals surface area (Å²) in [5, 5.41) is 0. The fraction of sp³-hybridized carbons (Fsp3) is 0.200. The van der Waals surface area contributed by atoms with E-state index in [2.05, 4.69) is 15.9 Å². The normalized spacial score (nSPS) is 11.2. The van der Waals surface area contributed by atoms with Gasteiger partial charge in [-0.2, -0.15) is 13.2 Å². The van der Waals surface area contributed by atoms with Crippen LogP contribution >= 0.6 is 15.9 Å². The van der Waals surface area contributed by atoms with E-state index in [1.165, 1.54) is 6.07 Å². The molecule has 6 heteroatoms. The van der Waals surface area contributed by atoms with Gasteiger partial charge in [0.15, 0.2) is 18.1 Å². The van der Waals surface area contributed by atoms with Crippen molar-refractivity contribution >= 4 is 15.9 Å². The molecular formula is C15H12BrF3O2. The largest absolute Gasteiger partial charge is 0.485 e. The third-order valence-corrected chi connectivity index (χ3v) is 3.03. The average molecular weight is 361 g/mol. The summed E-state index contributed by atoms with van der Waals surface area (Å²) < 4.78 is 47.7. The van der Waals surface area contributed by atoms with Gasteiger partial charge in [-0.1, -0.05) is 46.3 Å². The predicted molar refractivity (Wildman–Crippen MR) is 76.5 cm³/mol. The van der Waals surface area contributed by atoms with E-state index in [9.17, 15) is 13.2 Å². The lowest BCUT2D eigenvalue weighted by Gasteiger charge is -2.14. The molecule has 0 aliphatic rings. The van der Waals surface area contributed by atoms with Gasteiger partial charge in [0.05, 0.1) is 0 Å². The Hall–Kier alpha value is -1.69. The Morgan fingerprint density at radius 2 is 1.62 bits per heavy atom. The summed E-state index contributed by atoms with van der Waals surface area (Å²) in [5.41, 5.74) is 0.919. The molecule has 2 aromatic rings. The second kappa shape index (κ2) is 6.85. The minimum atomic E-state index is -4.39. The number of rotatable bonds is 5. The van der Waals surface area contributed by atoms with Crippen LogP contribution in [0.5, 0.6) is 11.5 Å². The van der Waals surface area contributed by atoms with Crippen molar-refractivity contribution in [1.29, 1.82) is 0 Å². The Balaban J connectivity index is 2.07. The molecule has 0 aromatic heterocycles. The second-order valence-electron chi connectivity index (χ2n) is 4.27. The lowest BCUT2D eigenvalue weighted by molar-refractivity contribution is -0.153. The average Bonchev–Trinajstić information content (AvgIpc) is 2.44. The van der Waals surface area contributed by atoms with Gasteiger partial charge in [-0.05, 0) is 23.8 Å². The number of benzene rings is 2. The Morgan fingerprint density at radius 1 is 0.905 bits per heavy atom. The highest BCUT2D eigenvalue weighted by Crippen LogP contribution is 2.32. The summed E-state index contributed by atoms with van der Waals surface area (Å²) in [7, 11) is 0. The van der Waals surface area contributed by atoms with Gasteiger partial charge in [-0.15, -0.1) is 0 Å². The summed E-state index contributed by atoms with van der Waals surface area (Å²) in [6.07, 6.45) is -4.39. The molecule has 0 atom stereocenters. The van der Waals surface area contributed by atoms with Crippen LogP contribution in [0, 0.1) is 0 Å². The Bertz CT molecular complexity index is 585. The Kier molecular flexibility index (Phi) is 5.12. The molecule has 0 aliphatic heterocycles. The third-order valence-electron chi connectivity index (χ3n) is 2.53. The molecule has 0 saturated heterocycles. The van der Waals surface area contributed by atoms with Crippen molar-refractivity contribution in [2.75, 3.05) is 6.61 Å². The van der Waals surface area contributed by atoms with E-state index < -0.39 is 12.8 Å². The van der Waals surface area contributed by atoms with E-state index in [4.69, 9.17) is 9.47 Å². The van der Waals surface area contributed by atoms with Crippen molar-refractivity contribution in [3.63, 3.8) is 0 Å². The highest BCUT2D eigenvalue weighted by Gasteiger charge is 2.29. The third kappa shape index (κ3) is 5.30. The quantitative estimate of drug-likeness (QED) is 0.749. The number of hydrogen-bond donors (Lipinski definition) is 0. The van der Waals surface area contributed by atoms with Crippen LogP contribution in [-0.2, 0) is 6.61 Å². The molecule has 21 heavy (non-hydrogen) atoms. The molecular weight excluding hydrogens is 349 g/mol. The molecule has 0 radical (unpaired) electrons. The second-order valence-corrected chi connectivity index (χ2v) is 5.18. The first kappa shape index (κ1) is 15.7. The standard InChI is InChI=1S/C15H12BrF3O2/c16-12-6-7-13(14(8-12)21-10-15(17,18)19)20-9-11-4-2-1-3-5-11/h1-8H,9-10H2. The smallest absolute Gasteiger partial charge is 0.422 e. The van der Waals surface area contributed by atoms with E-state index >= 15 is 0 Å². The van der Waals surface area contributed by atoms with Gasteiger partial charge in [0.1, 0.15) is 6.61 Å². The molecule has 0 saturated carbocycles. The van der Waals surface area contributed by atoms with Crippen molar-refractivity contribution in [2.24, 2.45) is 0 Å². The van der Waals surface area contributed by atoms with Gasteiger partial charge < -0.3 is 9.47 Å². The first-order valence-electron chi connectivity index (χ1n) is 6.10. The lowest BCUT2D eigenvalue weighted by Crippen LogP contribution is -2.19. The summed E-state index contributed by atoms with van der Waals surface area (Å²) >= 11 is 3.20. The lowest BCUT2D eigenvalue weighted by atomic mass is 10.2. The van der Waals surface area contributed by atoms with Crippen LogP contribution in [0.15, 0.2) is 53.0 Å². The maximum absolute atomic E-state index is 12.2. The van der Waals surface area contributed by atoms with Crippen molar-refractivity contribution in [3.8, 4) is 11.5 Å². The molecule has 0 amide bonds. The zero-order chi connectivity index (χ0) is 15.3. The van der Waals surface area contributed by atoms with Gasteiger partial charge >= 0.3 is 6.18 Å². The van der Waals surface area contributed by atoms with E-state index in [0.29, 0.717) is 4.47 Å². The van der Waals surface area contributed by atoms with Gasteiger partial charge in [-0.25, -0.2) is 0 Å². The molecule has 112 valence electrons. The zero-order valence-corrected chi connectivity index (χ0v) is 12.4. The Labute approximate surface area is 128 Å². The molecule has 0 aliphatic carbocycles. The molecule has 0 N–H and O–H groups in total. The fourth-order valence-electron chi connectivity index (χ4n) is 1.61. The van der Waals surface area contributed by atoms with Crippen LogP contribution in [0.4, 0.5) is 13.2 Å². The SMILES string of the molecule is FC(F)(F)COc1cc(Br)ccc1OCc1ccccc1. The first-order valence-corrected chi connectivity index (χ1v) is 6.89. The van der Waals surface area contributed by atoms with Crippen LogP contribution in [0.1, 0.15) is 5.56 Å². The van der Waals surface area contributed by atoms with E-state index in [1.54, 1.807) is 12.1 Å². The molecule has 2 nitrogen and oxygen atoms in total. The van der Waals surface area contributed by atoms with E-state index in [1.807, 2.05) is 30.3 Å². The van der Waals surface area contributed by atoms with E-state index in [-0.39, 0.29) is 18.1 Å². The van der Waals surface area contributed by atoms with Crippen LogP contribution in [0.2, 0.25) is 0 Å². The molecule has 2 rings (SSSR count). The number of halogens is 4. The molecule has 0 heterocycles. The van der Waals surface area contributed by atoms with Crippen LogP contribution in [-0.4, -0.2) is 12.8 Å². The minimum absolute atomic E-state index is 0.0534. The molecule has 0 spiro atoms. The van der Waals surface area contributed by atoms with Gasteiger partial charge in [0, 0.05) is 4.47 Å². The summed E-state index contributed by atoms with van der Waals surface area (Å²) in [4.78, 5) is 0. The van der Waals surface area contributed by atoms with Crippen LogP contribution in [0.3, 0.4) is 0 Å². The van der Waals surface area contributed by atoms with Crippen LogP contribution in [0.25, 0.3) is 0 Å². The maximum atomic E-state index is 12.2. The topological polar surface area (TPSA) is 18.5 Å². The first-order chi connectivity index (χ1) is 9.94. The predicted octanol–water partition coefficient (Wildman–Crippen LogP) is 4.97. The number of hydrogen-bond acceptors (Lipinski definition) is 2.